The lowest BCUT2D eigenvalue weighted by atomic mass is 10.0. The van der Waals surface area contributed by atoms with Gasteiger partial charge >= 0.3 is 0 Å². The normalized spacial score (nSPS) is 16.6. The summed E-state index contributed by atoms with van der Waals surface area (Å²) < 4.78 is 5.58. The number of hydrogen-bond donors (Lipinski definition) is 1. The summed E-state index contributed by atoms with van der Waals surface area (Å²) >= 11 is 0. The molecular weight excluding hydrogens is 336 g/mol. The van der Waals surface area contributed by atoms with Crippen molar-refractivity contribution in [2.24, 2.45) is 0 Å². The van der Waals surface area contributed by atoms with Gasteiger partial charge in [-0.25, -0.2) is 0 Å². The molecule has 0 aromatic rings. The predicted molar refractivity (Wildman–Crippen MR) is 114 cm³/mol. The van der Waals surface area contributed by atoms with Gasteiger partial charge in [0.1, 0.15) is 11.9 Å². The molecule has 0 aliphatic heterocycles. The number of carbonyl (C=O) groups excluding carboxylic acids is 1. The molecule has 0 heterocycles. The number of aliphatic hydroxyl groups excluding tert-OH is 1. The van der Waals surface area contributed by atoms with Crippen molar-refractivity contribution in [3.8, 4) is 0 Å². The van der Waals surface area contributed by atoms with Crippen molar-refractivity contribution in [2.75, 3.05) is 6.61 Å². The second-order valence-electron chi connectivity index (χ2n) is 7.90. The van der Waals surface area contributed by atoms with Crippen LogP contribution in [0.15, 0.2) is 24.0 Å². The van der Waals surface area contributed by atoms with Crippen LogP contribution in [0.1, 0.15) is 110 Å². The van der Waals surface area contributed by atoms with E-state index >= 15 is 0 Å². The lowest BCUT2D eigenvalue weighted by molar-refractivity contribution is -0.120. The van der Waals surface area contributed by atoms with Crippen molar-refractivity contribution in [3.05, 3.63) is 24.0 Å². The van der Waals surface area contributed by atoms with Crippen LogP contribution in [0.3, 0.4) is 0 Å². The minimum absolute atomic E-state index is 0.273. The van der Waals surface area contributed by atoms with Gasteiger partial charge in [-0.15, -0.1) is 0 Å². The lowest BCUT2D eigenvalue weighted by Crippen LogP contribution is -2.19. The first-order valence-electron chi connectivity index (χ1n) is 11.5. The maximum Gasteiger partial charge on any atom is 0.188 e. The zero-order valence-electron chi connectivity index (χ0n) is 17.6. The highest BCUT2D eigenvalue weighted by atomic mass is 16.5. The first kappa shape index (κ1) is 23.9. The van der Waals surface area contributed by atoms with E-state index in [2.05, 4.69) is 6.92 Å². The molecule has 3 heteroatoms. The third-order valence-electron chi connectivity index (χ3n) is 5.29. The number of allylic oxidation sites excluding steroid dienone is 1. The predicted octanol–water partition coefficient (Wildman–Crippen LogP) is 6.65. The molecule has 0 amide bonds. The van der Waals surface area contributed by atoms with Gasteiger partial charge in [0.15, 0.2) is 5.78 Å². The lowest BCUT2D eigenvalue weighted by Gasteiger charge is -2.12. The average Bonchev–Trinajstić information content (AvgIpc) is 2.67. The van der Waals surface area contributed by atoms with Gasteiger partial charge in [0, 0.05) is 0 Å². The number of ketones is 1. The Bertz CT molecular complexity index is 425. The third kappa shape index (κ3) is 13.7. The third-order valence-corrected chi connectivity index (χ3v) is 5.29. The van der Waals surface area contributed by atoms with Crippen LogP contribution in [0, 0.1) is 0 Å². The Morgan fingerprint density at radius 2 is 1.19 bits per heavy atom. The molecule has 0 aromatic heterocycles. The van der Waals surface area contributed by atoms with Gasteiger partial charge < -0.3 is 9.84 Å². The van der Waals surface area contributed by atoms with E-state index in [4.69, 9.17) is 4.74 Å². The van der Waals surface area contributed by atoms with Gasteiger partial charge in [0.25, 0.3) is 0 Å². The molecule has 1 atom stereocenters. The molecule has 3 nitrogen and oxygen atoms in total. The Hall–Kier alpha value is -1.09. The van der Waals surface area contributed by atoms with Gasteiger partial charge in [-0.2, -0.15) is 0 Å². The van der Waals surface area contributed by atoms with Crippen LogP contribution in [-0.2, 0) is 9.53 Å². The Morgan fingerprint density at radius 1 is 0.741 bits per heavy atom. The van der Waals surface area contributed by atoms with Crippen LogP contribution in [0.5, 0.6) is 0 Å². The number of unbranched alkanes of at least 4 members (excludes halogenated alkanes) is 15. The van der Waals surface area contributed by atoms with E-state index in [9.17, 15) is 9.90 Å². The molecule has 0 bridgehead atoms. The Kier molecular flexibility index (Phi) is 15.1. The standard InChI is InChI=1S/C24H42O3/c1-2-3-4-5-6-7-8-9-10-11-12-13-14-15-16-17-20-27-22-18-19-23(25)24(26)21-22/h18-19,21,24,26H,2-17,20H2,1H3. The van der Waals surface area contributed by atoms with E-state index in [0.717, 1.165) is 6.42 Å². The maximum absolute atomic E-state index is 11.1. The largest absolute Gasteiger partial charge is 0.494 e. The topological polar surface area (TPSA) is 46.5 Å². The fourth-order valence-corrected chi connectivity index (χ4v) is 3.49. The second kappa shape index (κ2) is 17.0. The van der Waals surface area contributed by atoms with Crippen LogP contribution < -0.4 is 0 Å². The van der Waals surface area contributed by atoms with Crippen molar-refractivity contribution in [1.82, 2.24) is 0 Å². The second-order valence-corrected chi connectivity index (χ2v) is 7.90. The number of rotatable bonds is 18. The van der Waals surface area contributed by atoms with E-state index < -0.39 is 6.10 Å². The Labute approximate surface area is 167 Å². The van der Waals surface area contributed by atoms with Crippen molar-refractivity contribution < 1.29 is 14.6 Å². The van der Waals surface area contributed by atoms with E-state index in [1.54, 1.807) is 6.08 Å². The van der Waals surface area contributed by atoms with Gasteiger partial charge in [0.05, 0.1) is 6.61 Å². The molecule has 0 aromatic carbocycles. The van der Waals surface area contributed by atoms with Gasteiger partial charge in [-0.1, -0.05) is 103 Å². The van der Waals surface area contributed by atoms with Crippen LogP contribution in [0.25, 0.3) is 0 Å². The highest BCUT2D eigenvalue weighted by molar-refractivity contribution is 5.96. The smallest absolute Gasteiger partial charge is 0.188 e. The molecule has 1 unspecified atom stereocenters. The van der Waals surface area contributed by atoms with E-state index in [1.165, 1.54) is 108 Å². The summed E-state index contributed by atoms with van der Waals surface area (Å²) in [5.74, 6) is 0.341. The molecule has 27 heavy (non-hydrogen) atoms. The molecule has 156 valence electrons. The monoisotopic (exact) mass is 378 g/mol. The molecule has 0 saturated heterocycles. The number of ether oxygens (including phenoxy) is 1. The van der Waals surface area contributed by atoms with E-state index in [0.29, 0.717) is 12.4 Å². The zero-order chi connectivity index (χ0) is 19.6. The summed E-state index contributed by atoms with van der Waals surface area (Å²) in [4.78, 5) is 11.1. The molecule has 1 rings (SSSR count). The molecule has 0 saturated carbocycles. The van der Waals surface area contributed by atoms with Crippen molar-refractivity contribution in [3.63, 3.8) is 0 Å². The van der Waals surface area contributed by atoms with Crippen molar-refractivity contribution >= 4 is 5.78 Å². The van der Waals surface area contributed by atoms with Crippen molar-refractivity contribution in [2.45, 2.75) is 116 Å². The summed E-state index contributed by atoms with van der Waals surface area (Å²) in [6.45, 7) is 2.94. The maximum atomic E-state index is 11.1. The molecular formula is C24H42O3. The number of hydrogen-bond acceptors (Lipinski definition) is 3. The van der Waals surface area contributed by atoms with Gasteiger partial charge in [-0.3, -0.25) is 4.79 Å². The minimum atomic E-state index is -1.03. The summed E-state index contributed by atoms with van der Waals surface area (Å²) in [5, 5.41) is 9.43. The van der Waals surface area contributed by atoms with E-state index in [1.807, 2.05) is 0 Å². The quantitative estimate of drug-likeness (QED) is 0.272. The van der Waals surface area contributed by atoms with Crippen molar-refractivity contribution in [1.29, 1.82) is 0 Å². The minimum Gasteiger partial charge on any atom is -0.494 e. The first-order valence-corrected chi connectivity index (χ1v) is 11.5. The molecule has 1 aliphatic carbocycles. The Balaban J connectivity index is 1.75. The Morgan fingerprint density at radius 3 is 1.63 bits per heavy atom. The number of aliphatic hydroxyl groups is 1. The molecule has 1 aliphatic rings. The summed E-state index contributed by atoms with van der Waals surface area (Å²) in [5.41, 5.74) is 0. The molecule has 0 fully saturated rings. The first-order chi connectivity index (χ1) is 13.2. The molecule has 0 spiro atoms. The number of carbonyl (C=O) groups is 1. The zero-order valence-corrected chi connectivity index (χ0v) is 17.6. The van der Waals surface area contributed by atoms with Gasteiger partial charge in [0.2, 0.25) is 0 Å². The van der Waals surface area contributed by atoms with Crippen LogP contribution in [-0.4, -0.2) is 23.6 Å². The summed E-state index contributed by atoms with van der Waals surface area (Å²) in [6.07, 6.45) is 25.2. The SMILES string of the molecule is CCCCCCCCCCCCCCCCCCOC1=CC(O)C(=O)C=C1. The average molecular weight is 379 g/mol. The van der Waals surface area contributed by atoms with Crippen LogP contribution in [0.2, 0.25) is 0 Å². The highest BCUT2D eigenvalue weighted by Crippen LogP contribution is 2.14. The summed E-state index contributed by atoms with van der Waals surface area (Å²) in [7, 11) is 0. The fraction of sp³-hybridized carbons (Fsp3) is 0.792. The van der Waals surface area contributed by atoms with Crippen LogP contribution >= 0.6 is 0 Å². The molecule has 1 N–H and O–H groups in total. The van der Waals surface area contributed by atoms with E-state index in [-0.39, 0.29) is 5.78 Å². The fourth-order valence-electron chi connectivity index (χ4n) is 3.49. The highest BCUT2D eigenvalue weighted by Gasteiger charge is 2.14. The molecule has 0 radical (unpaired) electrons. The summed E-state index contributed by atoms with van der Waals surface area (Å²) in [6, 6.07) is 0. The van der Waals surface area contributed by atoms with Crippen LogP contribution in [0.4, 0.5) is 0 Å². The van der Waals surface area contributed by atoms with Gasteiger partial charge in [-0.05, 0) is 24.6 Å².